The molecule has 0 radical (unpaired) electrons. The van der Waals surface area contributed by atoms with Gasteiger partial charge in [0.15, 0.2) is 0 Å². The molecule has 0 spiro atoms. The first-order valence-corrected chi connectivity index (χ1v) is 15.0. The van der Waals surface area contributed by atoms with Crippen molar-refractivity contribution in [2.45, 2.75) is 52.4 Å². The van der Waals surface area contributed by atoms with E-state index in [4.69, 9.17) is 0 Å². The van der Waals surface area contributed by atoms with Crippen molar-refractivity contribution in [3.05, 3.63) is 131 Å². The zero-order chi connectivity index (χ0) is 29.3. The van der Waals surface area contributed by atoms with Crippen LogP contribution in [-0.2, 0) is 12.8 Å². The van der Waals surface area contributed by atoms with E-state index in [9.17, 15) is 10.5 Å². The average Bonchev–Trinajstić information content (AvgIpc) is 3.06. The fourth-order valence-electron chi connectivity index (χ4n) is 5.44. The smallest absolute Gasteiger partial charge is 0.0998 e. The highest BCUT2D eigenvalue weighted by Crippen LogP contribution is 2.34. The SMILES string of the molecule is CCCCc1ccc(-c2ccc(-c3cc(C#N)c(-c4ccc(-c5ccc(CCCC)cc5)cc4)cc3C#N)cc2)cc1. The zero-order valence-corrected chi connectivity index (χ0v) is 24.5. The Kier molecular flexibility index (Phi) is 9.28. The Bertz CT molecular complexity index is 1580. The van der Waals surface area contributed by atoms with Crippen LogP contribution >= 0.6 is 0 Å². The molecule has 5 rings (SSSR count). The Morgan fingerprint density at radius 3 is 1.00 bits per heavy atom. The molecule has 2 heteroatoms. The van der Waals surface area contributed by atoms with E-state index in [0.717, 1.165) is 46.2 Å². The van der Waals surface area contributed by atoms with Crippen molar-refractivity contribution in [3.8, 4) is 56.6 Å². The van der Waals surface area contributed by atoms with E-state index in [2.05, 4.69) is 98.8 Å². The third-order valence-electron chi connectivity index (χ3n) is 8.00. The molecule has 5 aromatic carbocycles. The standard InChI is InChI=1S/C40H36N2/c1-3-5-7-29-9-13-31(14-10-29)33-17-21-35(22-18-33)39-25-38(28-42)40(26-37(39)27-41)36-23-19-34(20-24-36)32-15-11-30(12-16-32)8-6-4-2/h9-26H,3-8H2,1-2H3. The molecule has 0 amide bonds. The van der Waals surface area contributed by atoms with Gasteiger partial charge in [-0.25, -0.2) is 0 Å². The van der Waals surface area contributed by atoms with Crippen molar-refractivity contribution in [3.63, 3.8) is 0 Å². The van der Waals surface area contributed by atoms with Gasteiger partial charge in [-0.05, 0) is 82.3 Å². The molecule has 0 saturated carbocycles. The molecule has 0 aliphatic heterocycles. The van der Waals surface area contributed by atoms with E-state index in [1.807, 2.05) is 36.4 Å². The maximum Gasteiger partial charge on any atom is 0.0998 e. The van der Waals surface area contributed by atoms with Gasteiger partial charge in [0.25, 0.3) is 0 Å². The third-order valence-corrected chi connectivity index (χ3v) is 8.00. The molecule has 0 atom stereocenters. The molecule has 0 aliphatic carbocycles. The number of hydrogen-bond acceptors (Lipinski definition) is 2. The summed E-state index contributed by atoms with van der Waals surface area (Å²) in [4.78, 5) is 0. The first-order chi connectivity index (χ1) is 20.6. The fourth-order valence-corrected chi connectivity index (χ4v) is 5.44. The lowest BCUT2D eigenvalue weighted by Crippen LogP contribution is -1.92. The number of aryl methyl sites for hydroxylation is 2. The lowest BCUT2D eigenvalue weighted by Gasteiger charge is -2.12. The van der Waals surface area contributed by atoms with Gasteiger partial charge < -0.3 is 0 Å². The van der Waals surface area contributed by atoms with E-state index < -0.39 is 0 Å². The van der Waals surface area contributed by atoms with Gasteiger partial charge in [-0.15, -0.1) is 0 Å². The van der Waals surface area contributed by atoms with Crippen LogP contribution in [0.1, 0.15) is 61.8 Å². The van der Waals surface area contributed by atoms with Crippen LogP contribution in [0.2, 0.25) is 0 Å². The number of hydrogen-bond donors (Lipinski definition) is 0. The second kappa shape index (κ2) is 13.6. The summed E-state index contributed by atoms with van der Waals surface area (Å²) < 4.78 is 0. The Hall–Kier alpha value is -4.92. The number of unbranched alkanes of at least 4 members (excludes halogenated alkanes) is 2. The normalized spacial score (nSPS) is 10.7. The predicted octanol–water partition coefficient (Wildman–Crippen LogP) is 10.8. The third kappa shape index (κ3) is 6.52. The predicted molar refractivity (Wildman–Crippen MR) is 175 cm³/mol. The maximum atomic E-state index is 10.1. The summed E-state index contributed by atoms with van der Waals surface area (Å²) in [7, 11) is 0. The average molecular weight is 545 g/mol. The van der Waals surface area contributed by atoms with Crippen LogP contribution in [0.3, 0.4) is 0 Å². The minimum absolute atomic E-state index is 0.559. The van der Waals surface area contributed by atoms with Gasteiger partial charge in [-0.2, -0.15) is 10.5 Å². The minimum Gasteiger partial charge on any atom is -0.192 e. The maximum absolute atomic E-state index is 10.1. The summed E-state index contributed by atoms with van der Waals surface area (Å²) in [6.07, 6.45) is 7.03. The molecular formula is C40H36N2. The summed E-state index contributed by atoms with van der Waals surface area (Å²) in [6, 6.07) is 42.5. The Morgan fingerprint density at radius 1 is 0.429 bits per heavy atom. The highest BCUT2D eigenvalue weighted by atomic mass is 14.3. The molecule has 0 aromatic heterocycles. The molecule has 0 heterocycles. The molecule has 0 aliphatic rings. The second-order valence-electron chi connectivity index (χ2n) is 10.9. The molecule has 2 nitrogen and oxygen atoms in total. The minimum atomic E-state index is 0.559. The van der Waals surface area contributed by atoms with E-state index in [1.165, 1.54) is 47.9 Å². The number of benzene rings is 5. The first-order valence-electron chi connectivity index (χ1n) is 15.0. The number of nitriles is 2. The quantitative estimate of drug-likeness (QED) is 0.175. The van der Waals surface area contributed by atoms with Crippen molar-refractivity contribution in [2.75, 3.05) is 0 Å². The van der Waals surface area contributed by atoms with Crippen LogP contribution in [0.25, 0.3) is 44.5 Å². The second-order valence-corrected chi connectivity index (χ2v) is 10.9. The molecule has 0 unspecified atom stereocenters. The van der Waals surface area contributed by atoms with Crippen molar-refractivity contribution in [1.29, 1.82) is 10.5 Å². The first kappa shape index (κ1) is 28.6. The van der Waals surface area contributed by atoms with Gasteiger partial charge >= 0.3 is 0 Å². The van der Waals surface area contributed by atoms with Crippen LogP contribution in [0, 0.1) is 22.7 Å². The number of nitrogens with zero attached hydrogens (tertiary/aromatic N) is 2. The molecule has 42 heavy (non-hydrogen) atoms. The summed E-state index contributed by atoms with van der Waals surface area (Å²) in [5.41, 5.74) is 11.9. The van der Waals surface area contributed by atoms with Crippen LogP contribution < -0.4 is 0 Å². The lowest BCUT2D eigenvalue weighted by atomic mass is 9.90. The molecule has 0 fully saturated rings. The summed E-state index contributed by atoms with van der Waals surface area (Å²) in [5, 5.41) is 20.1. The Morgan fingerprint density at radius 2 is 0.714 bits per heavy atom. The molecule has 206 valence electrons. The summed E-state index contributed by atoms with van der Waals surface area (Å²) in [6.45, 7) is 4.43. The Labute approximate surface area is 250 Å². The highest BCUT2D eigenvalue weighted by Gasteiger charge is 2.14. The van der Waals surface area contributed by atoms with Crippen LogP contribution in [-0.4, -0.2) is 0 Å². The van der Waals surface area contributed by atoms with Crippen LogP contribution in [0.5, 0.6) is 0 Å². The van der Waals surface area contributed by atoms with E-state index in [1.54, 1.807) is 0 Å². The molecule has 0 bridgehead atoms. The fraction of sp³-hybridized carbons (Fsp3) is 0.200. The van der Waals surface area contributed by atoms with E-state index in [0.29, 0.717) is 11.1 Å². The lowest BCUT2D eigenvalue weighted by molar-refractivity contribution is 0.795. The van der Waals surface area contributed by atoms with Gasteiger partial charge in [-0.3, -0.25) is 0 Å². The molecule has 0 N–H and O–H groups in total. The highest BCUT2D eigenvalue weighted by molar-refractivity contribution is 5.82. The zero-order valence-electron chi connectivity index (χ0n) is 24.5. The molecule has 5 aromatic rings. The molecule has 0 saturated heterocycles. The topological polar surface area (TPSA) is 47.6 Å². The van der Waals surface area contributed by atoms with Crippen molar-refractivity contribution >= 4 is 0 Å². The van der Waals surface area contributed by atoms with Gasteiger partial charge in [0.1, 0.15) is 0 Å². The summed E-state index contributed by atoms with van der Waals surface area (Å²) >= 11 is 0. The van der Waals surface area contributed by atoms with Crippen LogP contribution in [0.15, 0.2) is 109 Å². The van der Waals surface area contributed by atoms with Gasteiger partial charge in [-0.1, -0.05) is 124 Å². The van der Waals surface area contributed by atoms with E-state index in [-0.39, 0.29) is 0 Å². The largest absolute Gasteiger partial charge is 0.192 e. The van der Waals surface area contributed by atoms with Crippen molar-refractivity contribution in [1.82, 2.24) is 0 Å². The van der Waals surface area contributed by atoms with E-state index >= 15 is 0 Å². The Balaban J connectivity index is 1.39. The van der Waals surface area contributed by atoms with Gasteiger partial charge in [0.05, 0.1) is 23.3 Å². The monoisotopic (exact) mass is 544 g/mol. The summed E-state index contributed by atoms with van der Waals surface area (Å²) in [5.74, 6) is 0. The number of rotatable bonds is 10. The van der Waals surface area contributed by atoms with Gasteiger partial charge in [0, 0.05) is 11.1 Å². The molecular weight excluding hydrogens is 508 g/mol. The van der Waals surface area contributed by atoms with Crippen molar-refractivity contribution in [2.24, 2.45) is 0 Å². The van der Waals surface area contributed by atoms with Crippen LogP contribution in [0.4, 0.5) is 0 Å². The van der Waals surface area contributed by atoms with Gasteiger partial charge in [0.2, 0.25) is 0 Å². The van der Waals surface area contributed by atoms with Crippen molar-refractivity contribution < 1.29 is 0 Å².